The van der Waals surface area contributed by atoms with Gasteiger partial charge < -0.3 is 45.1 Å². The molecule has 0 spiro atoms. The van der Waals surface area contributed by atoms with Crippen molar-refractivity contribution in [3.05, 3.63) is 11.8 Å². The van der Waals surface area contributed by atoms with Gasteiger partial charge in [0.15, 0.2) is 12.4 Å². The molecule has 2 heterocycles. The van der Waals surface area contributed by atoms with Gasteiger partial charge in [-0.3, -0.25) is 9.35 Å². The number of aliphatic hydroxyl groups excluding tert-OH is 4. The van der Waals surface area contributed by atoms with Crippen LogP contribution in [-0.2, 0) is 38.4 Å². The van der Waals surface area contributed by atoms with E-state index in [4.69, 9.17) is 23.9 Å². The summed E-state index contributed by atoms with van der Waals surface area (Å²) < 4.78 is 50.7. The Morgan fingerprint density at radius 1 is 1.23 bits per heavy atom. The Labute approximate surface area is 169 Å². The van der Waals surface area contributed by atoms with Crippen molar-refractivity contribution in [3.63, 3.8) is 0 Å². The largest absolute Gasteiger partial charge is 0.475 e. The van der Waals surface area contributed by atoms with Gasteiger partial charge >= 0.3 is 16.4 Å². The fourth-order valence-corrected chi connectivity index (χ4v) is 3.39. The molecule has 0 unspecified atom stereocenters. The van der Waals surface area contributed by atoms with E-state index in [0.29, 0.717) is 6.08 Å². The van der Waals surface area contributed by atoms with E-state index in [2.05, 4.69) is 9.50 Å². The minimum atomic E-state index is -5.18. The monoisotopic (exact) mass is 459 g/mol. The number of hydrogen-bond acceptors (Lipinski definition) is 12. The van der Waals surface area contributed by atoms with Gasteiger partial charge in [-0.25, -0.2) is 8.98 Å². The van der Waals surface area contributed by atoms with Gasteiger partial charge in [0.25, 0.3) is 0 Å². The van der Waals surface area contributed by atoms with Crippen molar-refractivity contribution in [3.8, 4) is 0 Å². The van der Waals surface area contributed by atoms with Crippen LogP contribution in [0.5, 0.6) is 0 Å². The van der Waals surface area contributed by atoms with Crippen LogP contribution < -0.4 is 5.32 Å². The van der Waals surface area contributed by atoms with Crippen molar-refractivity contribution >= 4 is 22.3 Å². The second kappa shape index (κ2) is 9.50. The van der Waals surface area contributed by atoms with E-state index in [1.807, 2.05) is 0 Å². The molecule has 0 saturated carbocycles. The number of aliphatic carboxylic acids is 1. The molecule has 0 bridgehead atoms. The van der Waals surface area contributed by atoms with Gasteiger partial charge in [-0.05, 0) is 6.08 Å². The zero-order valence-electron chi connectivity index (χ0n) is 15.3. The molecule has 15 nitrogen and oxygen atoms in total. The summed E-state index contributed by atoms with van der Waals surface area (Å²) in [6.45, 7) is 0.259. The number of nitrogens with one attached hydrogen (secondary N) is 1. The summed E-state index contributed by atoms with van der Waals surface area (Å²) >= 11 is 0. The second-order valence-electron chi connectivity index (χ2n) is 6.37. The molecule has 0 aromatic carbocycles. The van der Waals surface area contributed by atoms with Crippen LogP contribution in [0.25, 0.3) is 0 Å². The van der Waals surface area contributed by atoms with E-state index in [0.717, 1.165) is 6.92 Å². The van der Waals surface area contributed by atoms with Crippen LogP contribution in [0.3, 0.4) is 0 Å². The lowest BCUT2D eigenvalue weighted by molar-refractivity contribution is -0.300. The predicted octanol–water partition coefficient (Wildman–Crippen LogP) is -4.18. The molecule has 2 aliphatic heterocycles. The summed E-state index contributed by atoms with van der Waals surface area (Å²) in [7, 11) is -5.18. The van der Waals surface area contributed by atoms with Crippen molar-refractivity contribution in [2.75, 3.05) is 6.61 Å². The highest BCUT2D eigenvalue weighted by Crippen LogP contribution is 2.29. The lowest BCUT2D eigenvalue weighted by Gasteiger charge is -2.44. The van der Waals surface area contributed by atoms with Gasteiger partial charge in [-0.1, -0.05) is 0 Å². The highest BCUT2D eigenvalue weighted by Gasteiger charge is 2.50. The summed E-state index contributed by atoms with van der Waals surface area (Å²) in [5.41, 5.74) is 0. The van der Waals surface area contributed by atoms with Crippen LogP contribution in [0.2, 0.25) is 0 Å². The molecule has 172 valence electrons. The molecule has 2 rings (SSSR count). The molecule has 0 aromatic rings. The summed E-state index contributed by atoms with van der Waals surface area (Å²) in [6.07, 6.45) is -12.2. The highest BCUT2D eigenvalue weighted by atomic mass is 32.3. The van der Waals surface area contributed by atoms with Crippen molar-refractivity contribution < 1.29 is 66.5 Å². The number of amides is 1. The molecular formula is C14H21NO14S. The number of carbonyl (C=O) groups is 2. The molecule has 2 aliphatic rings. The van der Waals surface area contributed by atoms with Crippen LogP contribution in [-0.4, -0.2) is 106 Å². The minimum absolute atomic E-state index is 0.578. The molecule has 7 N–H and O–H groups in total. The van der Waals surface area contributed by atoms with Crippen LogP contribution in [0.1, 0.15) is 6.92 Å². The van der Waals surface area contributed by atoms with E-state index in [9.17, 15) is 38.4 Å². The molecule has 1 saturated heterocycles. The number of hydrogen-bond donors (Lipinski definition) is 7. The van der Waals surface area contributed by atoms with Gasteiger partial charge in [0.1, 0.15) is 30.5 Å². The maximum absolute atomic E-state index is 11.4. The van der Waals surface area contributed by atoms with Crippen molar-refractivity contribution in [1.82, 2.24) is 5.32 Å². The molecule has 16 heteroatoms. The first-order valence-corrected chi connectivity index (χ1v) is 9.71. The average Bonchev–Trinajstić information content (AvgIpc) is 2.61. The maximum atomic E-state index is 11.4. The minimum Gasteiger partial charge on any atom is -0.475 e. The number of aliphatic hydroxyl groups is 4. The summed E-state index contributed by atoms with van der Waals surface area (Å²) in [6, 6.07) is -1.49. The average molecular weight is 459 g/mol. The zero-order chi connectivity index (χ0) is 22.8. The van der Waals surface area contributed by atoms with E-state index < -0.39 is 83.8 Å². The van der Waals surface area contributed by atoms with E-state index in [1.54, 1.807) is 0 Å². The SMILES string of the molecule is CC(=O)N[C@@H]1[C@@H](O[C@@H]2OC(C(=O)O)=C[C@H](O)[C@H]2OS(=O)(=O)O)[C@@H](O)[C@@H](CO)O[C@@H]1O. The van der Waals surface area contributed by atoms with Gasteiger partial charge in [0, 0.05) is 6.92 Å². The van der Waals surface area contributed by atoms with Crippen LogP contribution in [0.4, 0.5) is 0 Å². The van der Waals surface area contributed by atoms with Crippen LogP contribution >= 0.6 is 0 Å². The summed E-state index contributed by atoms with van der Waals surface area (Å²) in [5.74, 6) is -3.25. The number of ether oxygens (including phenoxy) is 3. The molecule has 8 atom stereocenters. The number of carbonyl (C=O) groups excluding carboxylic acids is 1. The van der Waals surface area contributed by atoms with Crippen LogP contribution in [0.15, 0.2) is 11.8 Å². The van der Waals surface area contributed by atoms with Gasteiger partial charge in [-0.2, -0.15) is 8.42 Å². The Kier molecular flexibility index (Phi) is 7.72. The van der Waals surface area contributed by atoms with Crippen molar-refractivity contribution in [1.29, 1.82) is 0 Å². The Morgan fingerprint density at radius 2 is 1.87 bits per heavy atom. The van der Waals surface area contributed by atoms with E-state index >= 15 is 0 Å². The summed E-state index contributed by atoms with van der Waals surface area (Å²) in [4.78, 5) is 22.6. The molecule has 0 radical (unpaired) electrons. The third kappa shape index (κ3) is 5.84. The molecule has 30 heavy (non-hydrogen) atoms. The Hall–Kier alpha value is -1.89. The molecule has 1 amide bonds. The lowest BCUT2D eigenvalue weighted by Crippen LogP contribution is -2.66. The van der Waals surface area contributed by atoms with Gasteiger partial charge in [0.05, 0.1) is 6.61 Å². The third-order valence-electron chi connectivity index (χ3n) is 4.15. The van der Waals surface area contributed by atoms with Crippen molar-refractivity contribution in [2.24, 2.45) is 0 Å². The molecule has 1 fully saturated rings. The normalized spacial score (nSPS) is 37.1. The first-order valence-electron chi connectivity index (χ1n) is 8.34. The molecular weight excluding hydrogens is 438 g/mol. The lowest BCUT2D eigenvalue weighted by atomic mass is 9.96. The standard InChI is InChI=1S/C14H21NO14S/c1-4(17)15-8-11(9(19)7(3-16)26-13(8)22)28-14-10(29-30(23,24)25)5(18)2-6(27-14)12(20)21/h2,5,7-11,13-14,16,18-19,22H,3H2,1H3,(H,15,17)(H,20,21)(H,23,24,25)/t5-,7+,8+,9-,10+,11+,13-,14-/m0/s1. The first kappa shape index (κ1) is 24.4. The van der Waals surface area contributed by atoms with Crippen LogP contribution in [0, 0.1) is 0 Å². The maximum Gasteiger partial charge on any atom is 0.397 e. The fraction of sp³-hybridized carbons (Fsp3) is 0.714. The first-order chi connectivity index (χ1) is 13.8. The Bertz CT molecular complexity index is 784. The number of carboxylic acid groups (broad SMARTS) is 1. The number of carboxylic acids is 1. The third-order valence-corrected chi connectivity index (χ3v) is 4.61. The number of rotatable bonds is 7. The quantitative estimate of drug-likeness (QED) is 0.179. The van der Waals surface area contributed by atoms with E-state index in [-0.39, 0.29) is 0 Å². The molecule has 0 aliphatic carbocycles. The van der Waals surface area contributed by atoms with Gasteiger partial charge in [-0.15, -0.1) is 0 Å². The van der Waals surface area contributed by atoms with Gasteiger partial charge in [0.2, 0.25) is 18.0 Å². The van der Waals surface area contributed by atoms with E-state index in [1.165, 1.54) is 0 Å². The summed E-state index contributed by atoms with van der Waals surface area (Å²) in [5, 5.41) is 51.1. The topological polar surface area (TPSA) is 239 Å². The Balaban J connectivity index is 2.38. The Morgan fingerprint density at radius 3 is 2.37 bits per heavy atom. The predicted molar refractivity (Wildman–Crippen MR) is 89.5 cm³/mol. The molecule has 0 aromatic heterocycles. The smallest absolute Gasteiger partial charge is 0.397 e. The van der Waals surface area contributed by atoms with Crippen molar-refractivity contribution in [2.45, 2.75) is 56.1 Å². The zero-order valence-corrected chi connectivity index (χ0v) is 16.1. The fourth-order valence-electron chi connectivity index (χ4n) is 2.90. The second-order valence-corrected chi connectivity index (χ2v) is 7.41. The highest BCUT2D eigenvalue weighted by molar-refractivity contribution is 7.80.